The van der Waals surface area contributed by atoms with Crippen molar-refractivity contribution in [2.75, 3.05) is 32.2 Å². The number of benzene rings is 2. The minimum Gasteiger partial charge on any atom is -0.493 e. The Hall–Kier alpha value is -3.02. The van der Waals surface area contributed by atoms with Gasteiger partial charge in [0.15, 0.2) is 18.1 Å². The molecule has 1 heterocycles. The largest absolute Gasteiger partial charge is 0.493 e. The van der Waals surface area contributed by atoms with E-state index in [1.807, 2.05) is 0 Å². The molecule has 0 aliphatic carbocycles. The van der Waals surface area contributed by atoms with Crippen LogP contribution in [0.2, 0.25) is 5.02 Å². The summed E-state index contributed by atoms with van der Waals surface area (Å²) in [5, 5.41) is 2.58. The van der Waals surface area contributed by atoms with Crippen LogP contribution in [0.25, 0.3) is 6.08 Å². The highest BCUT2D eigenvalue weighted by Gasteiger charge is 2.36. The fourth-order valence-corrected chi connectivity index (χ4v) is 4.20. The highest BCUT2D eigenvalue weighted by Crippen LogP contribution is 2.34. The summed E-state index contributed by atoms with van der Waals surface area (Å²) in [4.78, 5) is 49.6. The summed E-state index contributed by atoms with van der Waals surface area (Å²) in [6.07, 6.45) is 1.51. The molecule has 0 aromatic heterocycles. The molecule has 9 nitrogen and oxygen atoms in total. The van der Waals surface area contributed by atoms with Crippen molar-refractivity contribution < 1.29 is 33.4 Å². The third-order valence-corrected chi connectivity index (χ3v) is 6.65. The highest BCUT2D eigenvalue weighted by molar-refractivity contribution is 9.10. The number of esters is 1. The number of carbonyl (C=O) groups is 4. The number of methoxy groups -OCH3 is 1. The van der Waals surface area contributed by atoms with Crippen LogP contribution in [0.4, 0.5) is 10.5 Å². The molecule has 2 aromatic rings. The van der Waals surface area contributed by atoms with Gasteiger partial charge in [0.25, 0.3) is 17.1 Å². The molecule has 0 saturated carbocycles. The van der Waals surface area contributed by atoms with Crippen LogP contribution in [-0.2, 0) is 19.1 Å². The average molecular weight is 584 g/mol. The topological polar surface area (TPSA) is 111 Å². The summed E-state index contributed by atoms with van der Waals surface area (Å²) in [6, 6.07) is 9.83. The quantitative estimate of drug-likeness (QED) is 0.333. The van der Waals surface area contributed by atoms with Crippen molar-refractivity contribution in [1.82, 2.24) is 4.90 Å². The van der Waals surface area contributed by atoms with E-state index in [1.165, 1.54) is 13.2 Å². The fourth-order valence-electron chi connectivity index (χ4n) is 2.93. The van der Waals surface area contributed by atoms with Gasteiger partial charge >= 0.3 is 5.97 Å². The van der Waals surface area contributed by atoms with Gasteiger partial charge in [0.2, 0.25) is 0 Å². The van der Waals surface area contributed by atoms with Gasteiger partial charge in [0.1, 0.15) is 6.54 Å². The smallest absolute Gasteiger partial charge is 0.326 e. The summed E-state index contributed by atoms with van der Waals surface area (Å²) in [6.45, 7) is 1.06. The van der Waals surface area contributed by atoms with Crippen molar-refractivity contribution in [2.45, 2.75) is 6.92 Å². The molecule has 184 valence electrons. The van der Waals surface area contributed by atoms with Gasteiger partial charge < -0.3 is 19.5 Å². The van der Waals surface area contributed by atoms with E-state index in [-0.39, 0.29) is 18.1 Å². The van der Waals surface area contributed by atoms with E-state index in [4.69, 9.17) is 25.8 Å². The number of rotatable bonds is 9. The second-order valence-electron chi connectivity index (χ2n) is 6.95. The molecule has 0 unspecified atom stereocenters. The Morgan fingerprint density at radius 1 is 1.17 bits per heavy atom. The standard InChI is InChI=1S/C23H20BrClN2O7S/c1-3-33-21(29)11-27-22(30)19(35-23(27)31)9-13-4-7-17(18(8-13)32-2)34-12-20(28)26-14-5-6-15(24)16(25)10-14/h4-10H,3,11-12H2,1-2H3,(H,26,28)/b19-9-. The number of carbonyl (C=O) groups excluding carboxylic acids is 4. The van der Waals surface area contributed by atoms with Crippen LogP contribution in [0.1, 0.15) is 12.5 Å². The van der Waals surface area contributed by atoms with Crippen LogP contribution in [0.5, 0.6) is 11.5 Å². The van der Waals surface area contributed by atoms with Crippen molar-refractivity contribution in [3.63, 3.8) is 0 Å². The minimum atomic E-state index is -0.661. The molecule has 3 rings (SSSR count). The van der Waals surface area contributed by atoms with Gasteiger partial charge in [-0.3, -0.25) is 24.1 Å². The maximum Gasteiger partial charge on any atom is 0.326 e. The third kappa shape index (κ3) is 7.00. The Kier molecular flexibility index (Phi) is 9.19. The Morgan fingerprint density at radius 2 is 1.94 bits per heavy atom. The molecule has 1 aliphatic rings. The molecule has 1 saturated heterocycles. The lowest BCUT2D eigenvalue weighted by Crippen LogP contribution is -2.34. The van der Waals surface area contributed by atoms with E-state index >= 15 is 0 Å². The van der Waals surface area contributed by atoms with Crippen molar-refractivity contribution in [3.05, 3.63) is 56.4 Å². The first kappa shape index (κ1) is 26.6. The van der Waals surface area contributed by atoms with Crippen LogP contribution in [0, 0.1) is 0 Å². The van der Waals surface area contributed by atoms with Crippen molar-refractivity contribution in [2.24, 2.45) is 0 Å². The van der Waals surface area contributed by atoms with Gasteiger partial charge in [-0.2, -0.15) is 0 Å². The maximum absolute atomic E-state index is 12.5. The van der Waals surface area contributed by atoms with Crippen LogP contribution in [0.15, 0.2) is 45.8 Å². The molecule has 1 aliphatic heterocycles. The first-order valence-corrected chi connectivity index (χ1v) is 12.2. The van der Waals surface area contributed by atoms with E-state index in [2.05, 4.69) is 21.2 Å². The minimum absolute atomic E-state index is 0.152. The Balaban J connectivity index is 1.65. The molecular formula is C23H20BrClN2O7S. The molecule has 3 amide bonds. The molecule has 0 spiro atoms. The predicted molar refractivity (Wildman–Crippen MR) is 136 cm³/mol. The summed E-state index contributed by atoms with van der Waals surface area (Å²) in [7, 11) is 1.43. The lowest BCUT2D eigenvalue weighted by molar-refractivity contribution is -0.146. The SMILES string of the molecule is CCOC(=O)CN1C(=O)S/C(=C\c2ccc(OCC(=O)Nc3ccc(Br)c(Cl)c3)c(OC)c2)C1=O. The fraction of sp³-hybridized carbons (Fsp3) is 0.217. The number of thioether (sulfide) groups is 1. The Labute approximate surface area is 218 Å². The Bertz CT molecular complexity index is 1200. The summed E-state index contributed by atoms with van der Waals surface area (Å²) in [5.74, 6) is -1.01. The van der Waals surface area contributed by atoms with E-state index < -0.39 is 29.6 Å². The van der Waals surface area contributed by atoms with E-state index in [9.17, 15) is 19.2 Å². The molecule has 0 bridgehead atoms. The number of halogens is 2. The molecule has 0 atom stereocenters. The monoisotopic (exact) mass is 582 g/mol. The van der Waals surface area contributed by atoms with Crippen LogP contribution in [0.3, 0.4) is 0 Å². The zero-order valence-electron chi connectivity index (χ0n) is 18.6. The molecule has 35 heavy (non-hydrogen) atoms. The number of nitrogens with one attached hydrogen (secondary N) is 1. The highest BCUT2D eigenvalue weighted by atomic mass is 79.9. The van der Waals surface area contributed by atoms with E-state index in [1.54, 1.807) is 43.3 Å². The molecule has 1 fully saturated rings. The molecular weight excluding hydrogens is 564 g/mol. The number of ether oxygens (including phenoxy) is 3. The second kappa shape index (κ2) is 12.1. The maximum atomic E-state index is 12.5. The van der Waals surface area contributed by atoms with Gasteiger partial charge in [-0.05, 0) is 76.6 Å². The molecule has 12 heteroatoms. The molecule has 2 aromatic carbocycles. The van der Waals surface area contributed by atoms with Gasteiger partial charge in [0, 0.05) is 10.2 Å². The summed E-state index contributed by atoms with van der Waals surface area (Å²) < 4.78 is 16.4. The first-order valence-electron chi connectivity index (χ1n) is 10.2. The number of amides is 3. The zero-order valence-corrected chi connectivity index (χ0v) is 21.8. The van der Waals surface area contributed by atoms with Crippen LogP contribution >= 0.6 is 39.3 Å². The summed E-state index contributed by atoms with van der Waals surface area (Å²) >= 11 is 10.0. The van der Waals surface area contributed by atoms with Crippen molar-refractivity contribution >= 4 is 74.1 Å². The normalized spacial score (nSPS) is 14.3. The van der Waals surface area contributed by atoms with Crippen LogP contribution in [-0.4, -0.2) is 54.8 Å². The van der Waals surface area contributed by atoms with Crippen molar-refractivity contribution in [1.29, 1.82) is 0 Å². The van der Waals surface area contributed by atoms with Gasteiger partial charge in [0.05, 0.1) is 23.6 Å². The number of anilines is 1. The number of imide groups is 1. The zero-order chi connectivity index (χ0) is 25.5. The lowest BCUT2D eigenvalue weighted by atomic mass is 10.2. The lowest BCUT2D eigenvalue weighted by Gasteiger charge is -2.12. The number of hydrogen-bond acceptors (Lipinski definition) is 8. The van der Waals surface area contributed by atoms with E-state index in [0.29, 0.717) is 32.2 Å². The van der Waals surface area contributed by atoms with Crippen LogP contribution < -0.4 is 14.8 Å². The number of nitrogens with zero attached hydrogens (tertiary/aromatic N) is 1. The molecule has 0 radical (unpaired) electrons. The van der Waals surface area contributed by atoms with Crippen molar-refractivity contribution in [3.8, 4) is 11.5 Å². The number of hydrogen-bond donors (Lipinski definition) is 1. The first-order chi connectivity index (χ1) is 16.7. The average Bonchev–Trinajstić information content (AvgIpc) is 3.08. The molecule has 1 N–H and O–H groups in total. The second-order valence-corrected chi connectivity index (χ2v) is 9.20. The van der Waals surface area contributed by atoms with Gasteiger partial charge in [-0.25, -0.2) is 0 Å². The van der Waals surface area contributed by atoms with Gasteiger partial charge in [-0.15, -0.1) is 0 Å². The Morgan fingerprint density at radius 3 is 2.63 bits per heavy atom. The van der Waals surface area contributed by atoms with Gasteiger partial charge in [-0.1, -0.05) is 17.7 Å². The summed E-state index contributed by atoms with van der Waals surface area (Å²) in [5.41, 5.74) is 1.08. The predicted octanol–water partition coefficient (Wildman–Crippen LogP) is 4.73. The third-order valence-electron chi connectivity index (χ3n) is 4.51. The van der Waals surface area contributed by atoms with E-state index in [0.717, 1.165) is 16.7 Å².